The first-order chi connectivity index (χ1) is 10.8. The number of carbonyl (C=O) groups is 1. The normalized spacial score (nSPS) is 25.5. The van der Waals surface area contributed by atoms with Crippen molar-refractivity contribution >= 4 is 16.3 Å². The minimum atomic E-state index is -3.51. The fraction of sp³-hybridized carbons (Fsp3) is 0.533. The molecule has 0 N–H and O–H groups in total. The van der Waals surface area contributed by atoms with Crippen molar-refractivity contribution in [2.24, 2.45) is 0 Å². The zero-order chi connectivity index (χ0) is 16.7. The Labute approximate surface area is 136 Å². The second-order valence-corrected chi connectivity index (χ2v) is 8.36. The molecule has 126 valence electrons. The third-order valence-corrected chi connectivity index (χ3v) is 6.35. The highest BCUT2D eigenvalue weighted by Crippen LogP contribution is 2.33. The van der Waals surface area contributed by atoms with E-state index in [1.54, 1.807) is 4.90 Å². The molecule has 2 fully saturated rings. The maximum Gasteiger partial charge on any atom is 0.410 e. The van der Waals surface area contributed by atoms with Gasteiger partial charge < -0.3 is 4.74 Å². The van der Waals surface area contributed by atoms with Crippen LogP contribution in [0.2, 0.25) is 0 Å². The number of amides is 1. The van der Waals surface area contributed by atoms with Gasteiger partial charge in [-0.3, -0.25) is 4.90 Å². The fourth-order valence-electron chi connectivity index (χ4n) is 3.23. The average molecular weight is 339 g/mol. The van der Waals surface area contributed by atoms with Crippen LogP contribution < -0.4 is 0 Å². The van der Waals surface area contributed by atoms with Gasteiger partial charge in [0.2, 0.25) is 0 Å². The molecule has 0 bridgehead atoms. The predicted octanol–water partition coefficient (Wildman–Crippen LogP) is 0.542. The predicted molar refractivity (Wildman–Crippen MR) is 85.1 cm³/mol. The second-order valence-electron chi connectivity index (χ2n) is 6.22. The topological polar surface area (TPSA) is 70.2 Å². The summed E-state index contributed by atoms with van der Waals surface area (Å²) in [7, 11) is -0.482. The van der Waals surface area contributed by atoms with E-state index in [0.29, 0.717) is 13.0 Å². The molecule has 0 aliphatic carbocycles. The summed E-state index contributed by atoms with van der Waals surface area (Å²) in [5.41, 5.74) is 0.416. The highest BCUT2D eigenvalue weighted by Gasteiger charge is 2.52. The summed E-state index contributed by atoms with van der Waals surface area (Å²) in [5, 5.41) is 0. The molecule has 0 spiro atoms. The number of cyclic esters (lactones) is 1. The van der Waals surface area contributed by atoms with Crippen LogP contribution in [-0.2, 0) is 21.4 Å². The Morgan fingerprint density at radius 2 is 1.91 bits per heavy atom. The molecule has 1 unspecified atom stereocenters. The molecule has 1 aromatic carbocycles. The van der Waals surface area contributed by atoms with E-state index in [-0.39, 0.29) is 25.8 Å². The van der Waals surface area contributed by atoms with Crippen LogP contribution in [0.3, 0.4) is 0 Å². The molecule has 2 aliphatic heterocycles. The molecule has 2 saturated heterocycles. The third-order valence-electron chi connectivity index (χ3n) is 4.46. The number of piperazine rings is 1. The molecule has 8 heteroatoms. The molecule has 1 aromatic rings. The van der Waals surface area contributed by atoms with Crippen molar-refractivity contribution in [3.05, 3.63) is 35.9 Å². The molecule has 23 heavy (non-hydrogen) atoms. The van der Waals surface area contributed by atoms with E-state index >= 15 is 0 Å². The number of rotatable bonds is 4. The lowest BCUT2D eigenvalue weighted by Crippen LogP contribution is -2.64. The Balaban J connectivity index is 1.91. The van der Waals surface area contributed by atoms with Crippen LogP contribution >= 0.6 is 0 Å². The number of nitrogens with zero attached hydrogens (tertiary/aromatic N) is 3. The first-order valence-corrected chi connectivity index (χ1v) is 8.91. The summed E-state index contributed by atoms with van der Waals surface area (Å²) < 4.78 is 32.8. The molecule has 1 amide bonds. The van der Waals surface area contributed by atoms with Gasteiger partial charge >= 0.3 is 6.09 Å². The number of carbonyl (C=O) groups excluding carboxylic acids is 1. The molecule has 0 saturated carbocycles. The van der Waals surface area contributed by atoms with E-state index in [0.717, 1.165) is 5.56 Å². The van der Waals surface area contributed by atoms with Crippen molar-refractivity contribution < 1.29 is 17.9 Å². The maximum atomic E-state index is 12.5. The SMILES string of the molecule is CN(C)S(=O)(=O)N1CCN2C(=O)OCC2(Cc2ccccc2)C1. The van der Waals surface area contributed by atoms with E-state index in [2.05, 4.69) is 0 Å². The van der Waals surface area contributed by atoms with Crippen LogP contribution in [0.4, 0.5) is 4.79 Å². The third kappa shape index (κ3) is 2.82. The summed E-state index contributed by atoms with van der Waals surface area (Å²) in [5.74, 6) is 0. The van der Waals surface area contributed by atoms with Crippen molar-refractivity contribution in [3.8, 4) is 0 Å². The Kier molecular flexibility index (Phi) is 4.07. The van der Waals surface area contributed by atoms with Gasteiger partial charge in [-0.2, -0.15) is 17.0 Å². The standard InChI is InChI=1S/C15H21N3O4S/c1-16(2)23(20,21)17-8-9-18-14(19)22-12-15(18,11-17)10-13-6-4-3-5-7-13/h3-7H,8-12H2,1-2H3. The Bertz CT molecular complexity index is 692. The lowest BCUT2D eigenvalue weighted by molar-refractivity contribution is 0.0893. The van der Waals surface area contributed by atoms with E-state index in [1.807, 2.05) is 30.3 Å². The highest BCUT2D eigenvalue weighted by molar-refractivity contribution is 7.86. The molecule has 0 aromatic heterocycles. The van der Waals surface area contributed by atoms with Crippen LogP contribution in [0.15, 0.2) is 30.3 Å². The van der Waals surface area contributed by atoms with Crippen molar-refractivity contribution in [2.45, 2.75) is 12.0 Å². The summed E-state index contributed by atoms with van der Waals surface area (Å²) in [4.78, 5) is 13.7. The first-order valence-electron chi connectivity index (χ1n) is 7.51. The van der Waals surface area contributed by atoms with E-state index in [1.165, 1.54) is 22.7 Å². The zero-order valence-corrected chi connectivity index (χ0v) is 14.1. The average Bonchev–Trinajstić information content (AvgIpc) is 2.84. The number of fused-ring (bicyclic) bond motifs is 1. The van der Waals surface area contributed by atoms with Crippen LogP contribution in [-0.4, -0.2) is 73.9 Å². The van der Waals surface area contributed by atoms with E-state index < -0.39 is 15.7 Å². The highest BCUT2D eigenvalue weighted by atomic mass is 32.2. The molecule has 0 radical (unpaired) electrons. The Morgan fingerprint density at radius 1 is 1.22 bits per heavy atom. The molecule has 3 rings (SSSR count). The van der Waals surface area contributed by atoms with Crippen LogP contribution in [0, 0.1) is 0 Å². The number of benzene rings is 1. The van der Waals surface area contributed by atoms with Gasteiger partial charge in [-0.05, 0) is 5.56 Å². The molecule has 1 atom stereocenters. The van der Waals surface area contributed by atoms with Gasteiger partial charge in [0, 0.05) is 40.2 Å². The van der Waals surface area contributed by atoms with Gasteiger partial charge in [0.05, 0.1) is 5.54 Å². The molecule has 2 aliphatic rings. The molecule has 7 nitrogen and oxygen atoms in total. The summed E-state index contributed by atoms with van der Waals surface area (Å²) >= 11 is 0. The lowest BCUT2D eigenvalue weighted by atomic mass is 9.89. The van der Waals surface area contributed by atoms with Crippen LogP contribution in [0.1, 0.15) is 5.56 Å². The van der Waals surface area contributed by atoms with Crippen molar-refractivity contribution in [2.75, 3.05) is 40.3 Å². The quantitative estimate of drug-likeness (QED) is 0.803. The van der Waals surface area contributed by atoms with Crippen molar-refractivity contribution in [1.82, 2.24) is 13.5 Å². The minimum absolute atomic E-state index is 0.209. The van der Waals surface area contributed by atoms with Gasteiger partial charge in [0.15, 0.2) is 0 Å². The van der Waals surface area contributed by atoms with Crippen LogP contribution in [0.25, 0.3) is 0 Å². The van der Waals surface area contributed by atoms with Gasteiger partial charge in [0.25, 0.3) is 10.2 Å². The first kappa shape index (κ1) is 16.2. The van der Waals surface area contributed by atoms with Crippen molar-refractivity contribution in [1.29, 1.82) is 0 Å². The maximum absolute atomic E-state index is 12.5. The largest absolute Gasteiger partial charge is 0.447 e. The Morgan fingerprint density at radius 3 is 2.57 bits per heavy atom. The Hall–Kier alpha value is -1.64. The molecular weight excluding hydrogens is 318 g/mol. The van der Waals surface area contributed by atoms with Crippen molar-refractivity contribution in [3.63, 3.8) is 0 Å². The van der Waals surface area contributed by atoms with Crippen LogP contribution in [0.5, 0.6) is 0 Å². The molecule has 2 heterocycles. The summed E-state index contributed by atoms with van der Waals surface area (Å²) in [6.07, 6.45) is 0.210. The fourth-order valence-corrected chi connectivity index (χ4v) is 4.41. The van der Waals surface area contributed by atoms with Gasteiger partial charge in [0.1, 0.15) is 6.61 Å². The van der Waals surface area contributed by atoms with Gasteiger partial charge in [-0.25, -0.2) is 4.79 Å². The minimum Gasteiger partial charge on any atom is -0.447 e. The zero-order valence-electron chi connectivity index (χ0n) is 13.3. The van der Waals surface area contributed by atoms with E-state index in [9.17, 15) is 13.2 Å². The summed E-state index contributed by atoms with van der Waals surface area (Å²) in [6.45, 7) is 1.08. The lowest BCUT2D eigenvalue weighted by Gasteiger charge is -2.44. The molecular formula is C15H21N3O4S. The number of hydrogen-bond acceptors (Lipinski definition) is 4. The number of hydrogen-bond donors (Lipinski definition) is 0. The number of ether oxygens (including phenoxy) is 1. The smallest absolute Gasteiger partial charge is 0.410 e. The van der Waals surface area contributed by atoms with Gasteiger partial charge in [-0.1, -0.05) is 30.3 Å². The second kappa shape index (κ2) is 5.77. The van der Waals surface area contributed by atoms with E-state index in [4.69, 9.17) is 4.74 Å². The summed E-state index contributed by atoms with van der Waals surface area (Å²) in [6, 6.07) is 9.76. The van der Waals surface area contributed by atoms with Gasteiger partial charge in [-0.15, -0.1) is 0 Å². The monoisotopic (exact) mass is 339 g/mol.